The van der Waals surface area contributed by atoms with Crippen molar-refractivity contribution in [1.29, 1.82) is 0 Å². The average Bonchev–Trinajstić information content (AvgIpc) is 2.65. The zero-order valence-corrected chi connectivity index (χ0v) is 9.32. The third-order valence-electron chi connectivity index (χ3n) is 1.98. The number of hydrogen-bond donors (Lipinski definition) is 1. The molecule has 0 fully saturated rings. The van der Waals surface area contributed by atoms with Crippen LogP contribution < -0.4 is 4.90 Å². The van der Waals surface area contributed by atoms with Gasteiger partial charge >= 0.3 is 0 Å². The Hall–Kier alpha value is -1.17. The van der Waals surface area contributed by atoms with E-state index in [4.69, 9.17) is 0 Å². The summed E-state index contributed by atoms with van der Waals surface area (Å²) >= 11 is 3.39. The summed E-state index contributed by atoms with van der Waals surface area (Å²) in [7, 11) is 1.99. The van der Waals surface area contributed by atoms with E-state index in [2.05, 4.69) is 40.8 Å². The molecule has 2 aromatic rings. The van der Waals surface area contributed by atoms with Crippen LogP contribution in [0.2, 0.25) is 0 Å². The number of aromatic nitrogens is 4. The molecule has 0 spiro atoms. The summed E-state index contributed by atoms with van der Waals surface area (Å²) in [6.07, 6.45) is 3.16. The van der Waals surface area contributed by atoms with E-state index in [9.17, 15) is 0 Å². The number of H-pyrrole nitrogens is 1. The highest BCUT2D eigenvalue weighted by Gasteiger charge is 2.08. The van der Waals surface area contributed by atoms with Crippen LogP contribution in [-0.2, 0) is 0 Å². The van der Waals surface area contributed by atoms with Crippen LogP contribution in [0, 0.1) is 0 Å². The quantitative estimate of drug-likeness (QED) is 0.838. The first kappa shape index (κ1) is 9.39. The van der Waals surface area contributed by atoms with Gasteiger partial charge in [0.15, 0.2) is 11.5 Å². The van der Waals surface area contributed by atoms with Gasteiger partial charge in [-0.1, -0.05) is 15.9 Å². The molecular weight excluding hydrogens is 246 g/mol. The second-order valence-corrected chi connectivity index (χ2v) is 3.70. The third kappa shape index (κ3) is 1.57. The fourth-order valence-corrected chi connectivity index (χ4v) is 1.81. The minimum atomic E-state index is 0.705. The summed E-state index contributed by atoms with van der Waals surface area (Å²) in [5.74, 6) is 0.881. The highest BCUT2D eigenvalue weighted by Crippen LogP contribution is 2.17. The van der Waals surface area contributed by atoms with Crippen LogP contribution in [0.15, 0.2) is 12.7 Å². The van der Waals surface area contributed by atoms with Gasteiger partial charge in [-0.05, 0) is 0 Å². The molecule has 74 valence electrons. The molecule has 2 rings (SSSR count). The fourth-order valence-electron chi connectivity index (χ4n) is 1.27. The highest BCUT2D eigenvalue weighted by molar-refractivity contribution is 9.09. The molecule has 2 aromatic heterocycles. The predicted octanol–water partition coefficient (Wildman–Crippen LogP) is 1.18. The minimum Gasteiger partial charge on any atom is -0.357 e. The van der Waals surface area contributed by atoms with Crippen molar-refractivity contribution in [2.24, 2.45) is 0 Å². The van der Waals surface area contributed by atoms with E-state index in [1.807, 2.05) is 7.05 Å². The van der Waals surface area contributed by atoms with Gasteiger partial charge in [0.1, 0.15) is 11.8 Å². The number of rotatable bonds is 3. The van der Waals surface area contributed by atoms with Crippen molar-refractivity contribution >= 4 is 32.9 Å². The molecule has 0 atom stereocenters. The molecule has 0 aliphatic carbocycles. The van der Waals surface area contributed by atoms with E-state index in [0.29, 0.717) is 5.65 Å². The Morgan fingerprint density at radius 2 is 2.29 bits per heavy atom. The molecule has 0 saturated heterocycles. The number of nitrogens with one attached hydrogen (secondary N) is 1. The second kappa shape index (κ2) is 3.91. The fraction of sp³-hybridized carbons (Fsp3) is 0.375. The van der Waals surface area contributed by atoms with E-state index >= 15 is 0 Å². The summed E-state index contributed by atoms with van der Waals surface area (Å²) < 4.78 is 0. The molecule has 5 nitrogen and oxygen atoms in total. The Morgan fingerprint density at radius 1 is 1.43 bits per heavy atom. The number of halogens is 1. The summed E-state index contributed by atoms with van der Waals surface area (Å²) in [5, 5.41) is 0.906. The molecule has 0 aliphatic rings. The maximum absolute atomic E-state index is 4.22. The lowest BCUT2D eigenvalue weighted by Gasteiger charge is -2.16. The third-order valence-corrected chi connectivity index (χ3v) is 2.34. The first-order chi connectivity index (χ1) is 6.83. The minimum absolute atomic E-state index is 0.705. The molecule has 1 N–H and O–H groups in total. The van der Waals surface area contributed by atoms with Crippen LogP contribution in [0.3, 0.4) is 0 Å². The number of nitrogens with zero attached hydrogens (tertiary/aromatic N) is 4. The van der Waals surface area contributed by atoms with Gasteiger partial charge in [-0.15, -0.1) is 0 Å². The Kier molecular flexibility index (Phi) is 2.62. The molecule has 0 aromatic carbocycles. The van der Waals surface area contributed by atoms with Crippen molar-refractivity contribution in [2.45, 2.75) is 0 Å². The normalized spacial score (nSPS) is 10.7. The monoisotopic (exact) mass is 255 g/mol. The lowest BCUT2D eigenvalue weighted by molar-refractivity contribution is 0.949. The number of alkyl halides is 1. The van der Waals surface area contributed by atoms with Crippen molar-refractivity contribution in [3.05, 3.63) is 12.7 Å². The van der Waals surface area contributed by atoms with Crippen LogP contribution in [0.25, 0.3) is 11.2 Å². The Balaban J connectivity index is 2.45. The first-order valence-corrected chi connectivity index (χ1v) is 5.36. The zero-order chi connectivity index (χ0) is 9.97. The number of imidazole rings is 1. The SMILES string of the molecule is CN(CCBr)c1ncnc2nc[nH]c12. The first-order valence-electron chi connectivity index (χ1n) is 4.24. The molecular formula is C8H10BrN5. The van der Waals surface area contributed by atoms with Gasteiger partial charge in [-0.25, -0.2) is 15.0 Å². The van der Waals surface area contributed by atoms with Crippen LogP contribution in [0.1, 0.15) is 0 Å². The number of hydrogen-bond acceptors (Lipinski definition) is 4. The lowest BCUT2D eigenvalue weighted by Crippen LogP contribution is -2.21. The lowest BCUT2D eigenvalue weighted by atomic mass is 10.4. The molecule has 0 saturated carbocycles. The molecule has 0 radical (unpaired) electrons. The largest absolute Gasteiger partial charge is 0.357 e. The Labute approximate surface area is 89.7 Å². The van der Waals surface area contributed by atoms with E-state index in [1.165, 1.54) is 6.33 Å². The maximum atomic E-state index is 4.22. The van der Waals surface area contributed by atoms with E-state index in [0.717, 1.165) is 23.2 Å². The van der Waals surface area contributed by atoms with Gasteiger partial charge in [0, 0.05) is 18.9 Å². The van der Waals surface area contributed by atoms with Crippen molar-refractivity contribution in [3.8, 4) is 0 Å². The van der Waals surface area contributed by atoms with E-state index in [-0.39, 0.29) is 0 Å². The van der Waals surface area contributed by atoms with Crippen LogP contribution in [0.4, 0.5) is 5.82 Å². The van der Waals surface area contributed by atoms with E-state index < -0.39 is 0 Å². The van der Waals surface area contributed by atoms with E-state index in [1.54, 1.807) is 6.33 Å². The molecule has 2 heterocycles. The highest BCUT2D eigenvalue weighted by atomic mass is 79.9. The second-order valence-electron chi connectivity index (χ2n) is 2.91. The number of fused-ring (bicyclic) bond motifs is 1. The standard InChI is InChI=1S/C8H10BrN5/c1-14(3-2-9)8-6-7(11-4-10-6)12-5-13-8/h4-5H,2-3H2,1H3,(H,10,11,12,13). The van der Waals surface area contributed by atoms with Crippen LogP contribution in [-0.4, -0.2) is 38.9 Å². The summed E-state index contributed by atoms with van der Waals surface area (Å²) in [4.78, 5) is 17.4. The van der Waals surface area contributed by atoms with Crippen molar-refractivity contribution in [1.82, 2.24) is 19.9 Å². The van der Waals surface area contributed by atoms with Crippen molar-refractivity contribution in [3.63, 3.8) is 0 Å². The van der Waals surface area contributed by atoms with Crippen molar-refractivity contribution < 1.29 is 0 Å². The summed E-state index contributed by atoms with van der Waals surface area (Å²) in [5.41, 5.74) is 1.59. The topological polar surface area (TPSA) is 57.7 Å². The summed E-state index contributed by atoms with van der Waals surface area (Å²) in [6.45, 7) is 0.894. The number of anilines is 1. The Bertz CT molecular complexity index is 426. The van der Waals surface area contributed by atoms with Crippen LogP contribution >= 0.6 is 15.9 Å². The number of aromatic amines is 1. The maximum Gasteiger partial charge on any atom is 0.182 e. The van der Waals surface area contributed by atoms with Gasteiger partial charge in [-0.3, -0.25) is 0 Å². The molecule has 0 unspecified atom stereocenters. The van der Waals surface area contributed by atoms with Gasteiger partial charge in [0.2, 0.25) is 0 Å². The zero-order valence-electron chi connectivity index (χ0n) is 7.74. The molecule has 0 bridgehead atoms. The average molecular weight is 256 g/mol. The Morgan fingerprint density at radius 3 is 3.07 bits per heavy atom. The predicted molar refractivity (Wildman–Crippen MR) is 58.7 cm³/mol. The smallest absolute Gasteiger partial charge is 0.182 e. The molecule has 14 heavy (non-hydrogen) atoms. The van der Waals surface area contributed by atoms with Gasteiger partial charge in [0.25, 0.3) is 0 Å². The molecule has 0 aliphatic heterocycles. The van der Waals surface area contributed by atoms with Gasteiger partial charge in [0.05, 0.1) is 6.33 Å². The van der Waals surface area contributed by atoms with Crippen LogP contribution in [0.5, 0.6) is 0 Å². The van der Waals surface area contributed by atoms with Gasteiger partial charge < -0.3 is 9.88 Å². The molecule has 0 amide bonds. The molecule has 6 heteroatoms. The summed E-state index contributed by atoms with van der Waals surface area (Å²) in [6, 6.07) is 0. The van der Waals surface area contributed by atoms with Crippen molar-refractivity contribution in [2.75, 3.05) is 23.8 Å². The van der Waals surface area contributed by atoms with Gasteiger partial charge in [-0.2, -0.15) is 0 Å².